The van der Waals surface area contributed by atoms with Crippen LogP contribution in [0.3, 0.4) is 0 Å². The number of rotatable bonds is 1. The van der Waals surface area contributed by atoms with Crippen molar-refractivity contribution in [3.63, 3.8) is 0 Å². The van der Waals surface area contributed by atoms with E-state index in [0.29, 0.717) is 0 Å². The zero-order valence-electron chi connectivity index (χ0n) is 8.29. The maximum absolute atomic E-state index is 10.4. The van der Waals surface area contributed by atoms with Crippen LogP contribution in [0, 0.1) is 5.92 Å². The van der Waals surface area contributed by atoms with Crippen LogP contribution >= 0.6 is 22.9 Å². The van der Waals surface area contributed by atoms with Gasteiger partial charge < -0.3 is 5.11 Å². The number of halogens is 1. The lowest BCUT2D eigenvalue weighted by Gasteiger charge is -2.34. The fraction of sp³-hybridized carbons (Fsp3) is 0.636. The van der Waals surface area contributed by atoms with Gasteiger partial charge in [-0.1, -0.05) is 18.5 Å². The van der Waals surface area contributed by atoms with Crippen LogP contribution in [-0.4, -0.2) is 5.11 Å². The van der Waals surface area contributed by atoms with Crippen molar-refractivity contribution in [3.8, 4) is 0 Å². The van der Waals surface area contributed by atoms with Gasteiger partial charge in [0.15, 0.2) is 0 Å². The standard InChI is InChI=1S/C11H15ClOS/c1-8-4-6-11(13,7-5-8)9-2-3-10(12)14-9/h2-3,8,13H,4-7H2,1H3. The van der Waals surface area contributed by atoms with Crippen molar-refractivity contribution < 1.29 is 5.11 Å². The van der Waals surface area contributed by atoms with E-state index in [4.69, 9.17) is 11.6 Å². The predicted octanol–water partition coefficient (Wildman–Crippen LogP) is 3.80. The van der Waals surface area contributed by atoms with Gasteiger partial charge in [0.25, 0.3) is 0 Å². The van der Waals surface area contributed by atoms with Gasteiger partial charge in [0, 0.05) is 4.88 Å². The third-order valence-electron chi connectivity index (χ3n) is 3.13. The van der Waals surface area contributed by atoms with Gasteiger partial charge in [-0.05, 0) is 43.7 Å². The van der Waals surface area contributed by atoms with Crippen LogP contribution < -0.4 is 0 Å². The minimum Gasteiger partial charge on any atom is -0.384 e. The largest absolute Gasteiger partial charge is 0.384 e. The Morgan fingerprint density at radius 1 is 1.43 bits per heavy atom. The summed E-state index contributed by atoms with van der Waals surface area (Å²) in [4.78, 5) is 1.04. The summed E-state index contributed by atoms with van der Waals surface area (Å²) in [6.45, 7) is 2.25. The Hall–Kier alpha value is -0.0500. The number of thiophene rings is 1. The van der Waals surface area contributed by atoms with Crippen LogP contribution in [-0.2, 0) is 5.60 Å². The van der Waals surface area contributed by atoms with Crippen LogP contribution in [0.25, 0.3) is 0 Å². The molecule has 0 aromatic carbocycles. The van der Waals surface area contributed by atoms with Crippen LogP contribution in [0.1, 0.15) is 37.5 Å². The van der Waals surface area contributed by atoms with Gasteiger partial charge in [-0.3, -0.25) is 0 Å². The van der Waals surface area contributed by atoms with E-state index in [2.05, 4.69) is 6.92 Å². The van der Waals surface area contributed by atoms with E-state index < -0.39 is 5.60 Å². The fourth-order valence-corrected chi connectivity index (χ4v) is 3.24. The lowest BCUT2D eigenvalue weighted by Crippen LogP contribution is -2.29. The highest BCUT2D eigenvalue weighted by molar-refractivity contribution is 7.16. The Balaban J connectivity index is 2.16. The highest BCUT2D eigenvalue weighted by atomic mass is 35.5. The Bertz CT molecular complexity index is 313. The molecule has 78 valence electrons. The summed E-state index contributed by atoms with van der Waals surface area (Å²) in [6, 6.07) is 3.83. The monoisotopic (exact) mass is 230 g/mol. The molecule has 1 aliphatic carbocycles. The average Bonchev–Trinajstić information content (AvgIpc) is 2.58. The van der Waals surface area contributed by atoms with Crippen molar-refractivity contribution in [1.82, 2.24) is 0 Å². The SMILES string of the molecule is CC1CCC(O)(c2ccc(Cl)s2)CC1. The lowest BCUT2D eigenvalue weighted by atomic mass is 9.79. The van der Waals surface area contributed by atoms with Crippen LogP contribution in [0.4, 0.5) is 0 Å². The number of hydrogen-bond donors (Lipinski definition) is 1. The average molecular weight is 231 g/mol. The molecule has 0 radical (unpaired) electrons. The summed E-state index contributed by atoms with van der Waals surface area (Å²) < 4.78 is 0.770. The third kappa shape index (κ3) is 1.97. The molecule has 1 saturated carbocycles. The van der Waals surface area contributed by atoms with E-state index >= 15 is 0 Å². The van der Waals surface area contributed by atoms with E-state index in [1.807, 2.05) is 12.1 Å². The third-order valence-corrected chi connectivity index (χ3v) is 4.56. The summed E-state index contributed by atoms with van der Waals surface area (Å²) in [5.74, 6) is 0.755. The molecule has 1 aromatic rings. The van der Waals surface area contributed by atoms with Gasteiger partial charge in [0.1, 0.15) is 0 Å². The predicted molar refractivity (Wildman–Crippen MR) is 60.9 cm³/mol. The first-order valence-corrected chi connectivity index (χ1v) is 6.28. The molecule has 14 heavy (non-hydrogen) atoms. The second-order valence-corrected chi connectivity index (χ2v) is 6.03. The molecule has 1 N–H and O–H groups in total. The quantitative estimate of drug-likeness (QED) is 0.778. The summed E-state index contributed by atoms with van der Waals surface area (Å²) >= 11 is 7.39. The summed E-state index contributed by atoms with van der Waals surface area (Å²) in [6.07, 6.45) is 3.99. The molecule has 2 rings (SSSR count). The smallest absolute Gasteiger partial charge is 0.0988 e. The molecule has 1 fully saturated rings. The molecule has 1 nitrogen and oxygen atoms in total. The molecule has 0 spiro atoms. The van der Waals surface area contributed by atoms with Gasteiger partial charge in [-0.15, -0.1) is 11.3 Å². The van der Waals surface area contributed by atoms with Crippen LogP contribution in [0.2, 0.25) is 4.34 Å². The second-order valence-electron chi connectivity index (χ2n) is 4.32. The van der Waals surface area contributed by atoms with E-state index in [9.17, 15) is 5.11 Å². The number of aliphatic hydroxyl groups is 1. The molecule has 0 bridgehead atoms. The Morgan fingerprint density at radius 3 is 2.57 bits per heavy atom. The van der Waals surface area contributed by atoms with Crippen molar-refractivity contribution in [2.45, 2.75) is 38.2 Å². The molecular weight excluding hydrogens is 216 g/mol. The summed E-state index contributed by atoms with van der Waals surface area (Å²) in [7, 11) is 0. The maximum atomic E-state index is 10.4. The van der Waals surface area contributed by atoms with Crippen molar-refractivity contribution in [1.29, 1.82) is 0 Å². The molecule has 1 aliphatic rings. The summed E-state index contributed by atoms with van der Waals surface area (Å²) in [5.41, 5.74) is -0.593. The summed E-state index contributed by atoms with van der Waals surface area (Å²) in [5, 5.41) is 10.4. The highest BCUT2D eigenvalue weighted by Crippen LogP contribution is 2.42. The van der Waals surface area contributed by atoms with E-state index in [1.54, 1.807) is 0 Å². The fourth-order valence-electron chi connectivity index (χ4n) is 2.05. The maximum Gasteiger partial charge on any atom is 0.0988 e. The van der Waals surface area contributed by atoms with E-state index in [1.165, 1.54) is 11.3 Å². The van der Waals surface area contributed by atoms with Crippen molar-refractivity contribution in [2.24, 2.45) is 5.92 Å². The van der Waals surface area contributed by atoms with Gasteiger partial charge in [-0.25, -0.2) is 0 Å². The molecule has 1 aromatic heterocycles. The van der Waals surface area contributed by atoms with Gasteiger partial charge in [0.05, 0.1) is 9.94 Å². The molecule has 1 heterocycles. The first kappa shape index (κ1) is 10.5. The van der Waals surface area contributed by atoms with Crippen molar-refractivity contribution >= 4 is 22.9 Å². The normalized spacial score (nSPS) is 33.2. The van der Waals surface area contributed by atoms with Gasteiger partial charge in [0.2, 0.25) is 0 Å². The Morgan fingerprint density at radius 2 is 2.07 bits per heavy atom. The van der Waals surface area contributed by atoms with Gasteiger partial charge in [-0.2, -0.15) is 0 Å². The molecule has 0 atom stereocenters. The van der Waals surface area contributed by atoms with Crippen molar-refractivity contribution in [3.05, 3.63) is 21.3 Å². The first-order valence-electron chi connectivity index (χ1n) is 5.08. The van der Waals surface area contributed by atoms with Crippen LogP contribution in [0.5, 0.6) is 0 Å². The molecule has 3 heteroatoms. The topological polar surface area (TPSA) is 20.2 Å². The molecule has 0 aliphatic heterocycles. The molecular formula is C11H15ClOS. The van der Waals surface area contributed by atoms with Crippen LogP contribution in [0.15, 0.2) is 12.1 Å². The lowest BCUT2D eigenvalue weighted by molar-refractivity contribution is -0.00868. The Labute approximate surface area is 93.7 Å². The van der Waals surface area contributed by atoms with E-state index in [-0.39, 0.29) is 0 Å². The minimum atomic E-state index is -0.593. The Kier molecular flexibility index (Phi) is 2.87. The van der Waals surface area contributed by atoms with E-state index in [0.717, 1.165) is 40.8 Å². The number of hydrogen-bond acceptors (Lipinski definition) is 2. The first-order chi connectivity index (χ1) is 6.60. The van der Waals surface area contributed by atoms with Crippen molar-refractivity contribution in [2.75, 3.05) is 0 Å². The molecule has 0 saturated heterocycles. The molecule has 0 unspecified atom stereocenters. The molecule has 0 amide bonds. The van der Waals surface area contributed by atoms with Gasteiger partial charge >= 0.3 is 0 Å². The zero-order chi connectivity index (χ0) is 10.2. The second kappa shape index (κ2) is 3.84. The highest BCUT2D eigenvalue weighted by Gasteiger charge is 2.34. The zero-order valence-corrected chi connectivity index (χ0v) is 9.87. The minimum absolute atomic E-state index is 0.593.